The monoisotopic (exact) mass is 374 g/mol. The van der Waals surface area contributed by atoms with E-state index in [1.54, 1.807) is 6.92 Å². The van der Waals surface area contributed by atoms with Crippen molar-refractivity contribution in [1.29, 1.82) is 0 Å². The number of esters is 1. The molecule has 0 atom stereocenters. The molecule has 0 bridgehead atoms. The Hall–Kier alpha value is 0.380. The Labute approximate surface area is 103 Å². The summed E-state index contributed by atoms with van der Waals surface area (Å²) < 4.78 is 7.01. The van der Waals surface area contributed by atoms with Gasteiger partial charge in [0.15, 0.2) is 0 Å². The van der Waals surface area contributed by atoms with E-state index in [-0.39, 0.29) is 5.97 Å². The zero-order valence-corrected chi connectivity index (χ0v) is 11.7. The average molecular weight is 375 g/mol. The van der Waals surface area contributed by atoms with E-state index in [9.17, 15) is 4.79 Å². The maximum absolute atomic E-state index is 11.4. The van der Waals surface area contributed by atoms with Crippen LogP contribution in [-0.4, -0.2) is 12.6 Å². The second kappa shape index (κ2) is 4.75. The number of halogens is 2. The van der Waals surface area contributed by atoms with E-state index < -0.39 is 0 Å². The summed E-state index contributed by atoms with van der Waals surface area (Å²) in [4.78, 5) is 12.1. The van der Waals surface area contributed by atoms with E-state index in [0.717, 1.165) is 12.9 Å². The van der Waals surface area contributed by atoms with Crippen LogP contribution in [0, 0.1) is 9.81 Å². The Kier molecular flexibility index (Phi) is 4.18. The largest absolute Gasteiger partial charge is 0.462 e. The van der Waals surface area contributed by atoms with E-state index in [1.165, 1.54) is 11.3 Å². The Balaban J connectivity index is 3.01. The highest BCUT2D eigenvalue weighted by Gasteiger charge is 2.17. The zero-order chi connectivity index (χ0) is 10.0. The van der Waals surface area contributed by atoms with Gasteiger partial charge in [-0.1, -0.05) is 0 Å². The predicted molar refractivity (Wildman–Crippen MR) is 65.4 cm³/mol. The Bertz CT molecular complexity index is 335. The molecule has 0 aliphatic rings. The number of hydrogen-bond donors (Lipinski definition) is 0. The zero-order valence-electron chi connectivity index (χ0n) is 7.19. The van der Waals surface area contributed by atoms with Crippen molar-refractivity contribution < 1.29 is 9.53 Å². The van der Waals surface area contributed by atoms with Gasteiger partial charge in [-0.3, -0.25) is 0 Å². The van der Waals surface area contributed by atoms with Gasteiger partial charge < -0.3 is 4.74 Å². The fourth-order valence-corrected chi connectivity index (χ4v) is 3.31. The van der Waals surface area contributed by atoms with Gasteiger partial charge in [0, 0.05) is 4.47 Å². The lowest BCUT2D eigenvalue weighted by Gasteiger charge is -1.98. The van der Waals surface area contributed by atoms with Crippen LogP contribution in [0.25, 0.3) is 0 Å². The standard InChI is InChI=1S/C8H8BrIO2S/c1-3-12-8(11)6-4(2)5(9)7(10)13-6/h3H2,1-2H3. The molecule has 0 fully saturated rings. The molecule has 0 saturated heterocycles. The van der Waals surface area contributed by atoms with Crippen LogP contribution in [-0.2, 0) is 4.74 Å². The van der Waals surface area contributed by atoms with Crippen LogP contribution in [0.2, 0.25) is 0 Å². The third-order valence-corrected chi connectivity index (χ3v) is 5.75. The summed E-state index contributed by atoms with van der Waals surface area (Å²) in [6, 6.07) is 0. The highest BCUT2D eigenvalue weighted by molar-refractivity contribution is 14.1. The fourth-order valence-electron chi connectivity index (χ4n) is 0.849. The first-order valence-corrected chi connectivity index (χ1v) is 6.38. The molecule has 1 rings (SSSR count). The van der Waals surface area contributed by atoms with Gasteiger partial charge in [0.1, 0.15) is 4.88 Å². The summed E-state index contributed by atoms with van der Waals surface area (Å²) in [5.74, 6) is -0.228. The molecule has 1 aromatic heterocycles. The van der Waals surface area contributed by atoms with Crippen LogP contribution in [0.1, 0.15) is 22.2 Å². The highest BCUT2D eigenvalue weighted by atomic mass is 127. The normalized spacial score (nSPS) is 10.2. The third kappa shape index (κ3) is 2.44. The molecular weight excluding hydrogens is 367 g/mol. The molecule has 0 aliphatic heterocycles. The lowest BCUT2D eigenvalue weighted by atomic mass is 10.3. The average Bonchev–Trinajstić information content (AvgIpc) is 2.33. The van der Waals surface area contributed by atoms with Gasteiger partial charge in [0.05, 0.1) is 9.49 Å². The minimum absolute atomic E-state index is 0.228. The van der Waals surface area contributed by atoms with Crippen LogP contribution in [0.5, 0.6) is 0 Å². The molecule has 2 nitrogen and oxygen atoms in total. The Morgan fingerprint density at radius 3 is 2.69 bits per heavy atom. The van der Waals surface area contributed by atoms with Crippen molar-refractivity contribution in [3.05, 3.63) is 17.8 Å². The lowest BCUT2D eigenvalue weighted by Crippen LogP contribution is -2.03. The van der Waals surface area contributed by atoms with Crippen LogP contribution < -0.4 is 0 Å². The minimum Gasteiger partial charge on any atom is -0.462 e. The van der Waals surface area contributed by atoms with E-state index in [0.29, 0.717) is 11.5 Å². The molecule has 1 aromatic rings. The van der Waals surface area contributed by atoms with Gasteiger partial charge in [-0.05, 0) is 57.9 Å². The Morgan fingerprint density at radius 1 is 1.69 bits per heavy atom. The van der Waals surface area contributed by atoms with Gasteiger partial charge in [-0.25, -0.2) is 4.79 Å². The molecule has 1 heterocycles. The second-order valence-electron chi connectivity index (χ2n) is 2.36. The number of carbonyl (C=O) groups is 1. The molecular formula is C8H8BrIO2S. The van der Waals surface area contributed by atoms with Crippen molar-refractivity contribution in [2.45, 2.75) is 13.8 Å². The van der Waals surface area contributed by atoms with Crippen molar-refractivity contribution in [1.82, 2.24) is 0 Å². The van der Waals surface area contributed by atoms with Crippen molar-refractivity contribution in [3.8, 4) is 0 Å². The van der Waals surface area contributed by atoms with E-state index in [4.69, 9.17) is 4.74 Å². The number of thiophene rings is 1. The maximum Gasteiger partial charge on any atom is 0.348 e. The third-order valence-electron chi connectivity index (χ3n) is 1.49. The summed E-state index contributed by atoms with van der Waals surface area (Å²) >= 11 is 7.07. The van der Waals surface area contributed by atoms with E-state index >= 15 is 0 Å². The number of carbonyl (C=O) groups excluding carboxylic acids is 1. The van der Waals surface area contributed by atoms with Crippen LogP contribution in [0.3, 0.4) is 0 Å². The second-order valence-corrected chi connectivity index (χ2v) is 5.99. The van der Waals surface area contributed by atoms with Crippen LogP contribution in [0.15, 0.2) is 4.47 Å². The van der Waals surface area contributed by atoms with Gasteiger partial charge in [-0.2, -0.15) is 0 Å². The van der Waals surface area contributed by atoms with Gasteiger partial charge in [-0.15, -0.1) is 11.3 Å². The summed E-state index contributed by atoms with van der Waals surface area (Å²) in [5, 5.41) is 0. The first kappa shape index (κ1) is 11.5. The smallest absolute Gasteiger partial charge is 0.348 e. The van der Waals surface area contributed by atoms with Gasteiger partial charge in [0.2, 0.25) is 0 Å². The van der Waals surface area contributed by atoms with E-state index in [1.807, 2.05) is 6.92 Å². The molecule has 0 N–H and O–H groups in total. The molecule has 0 spiro atoms. The van der Waals surface area contributed by atoms with Gasteiger partial charge in [0.25, 0.3) is 0 Å². The molecule has 0 amide bonds. The molecule has 13 heavy (non-hydrogen) atoms. The Morgan fingerprint density at radius 2 is 2.31 bits per heavy atom. The summed E-state index contributed by atoms with van der Waals surface area (Å²) in [5.41, 5.74) is 0.966. The molecule has 72 valence electrons. The topological polar surface area (TPSA) is 26.3 Å². The quantitative estimate of drug-likeness (QED) is 0.584. The highest BCUT2D eigenvalue weighted by Crippen LogP contribution is 2.33. The van der Waals surface area contributed by atoms with E-state index in [2.05, 4.69) is 38.5 Å². The molecule has 0 saturated carbocycles. The van der Waals surface area contributed by atoms with Crippen LogP contribution in [0.4, 0.5) is 0 Å². The summed E-state index contributed by atoms with van der Waals surface area (Å²) in [6.45, 7) is 4.14. The molecule has 0 aliphatic carbocycles. The summed E-state index contributed by atoms with van der Waals surface area (Å²) in [6.07, 6.45) is 0. The minimum atomic E-state index is -0.228. The number of rotatable bonds is 2. The first-order valence-electron chi connectivity index (χ1n) is 3.69. The molecule has 0 unspecified atom stereocenters. The maximum atomic E-state index is 11.4. The molecule has 0 radical (unpaired) electrons. The SMILES string of the molecule is CCOC(=O)c1sc(I)c(Br)c1C. The van der Waals surface area contributed by atoms with Crippen molar-refractivity contribution in [2.24, 2.45) is 0 Å². The molecule has 5 heteroatoms. The number of ether oxygens (including phenoxy) is 1. The van der Waals surface area contributed by atoms with Crippen LogP contribution >= 0.6 is 49.9 Å². The van der Waals surface area contributed by atoms with Crippen molar-refractivity contribution in [3.63, 3.8) is 0 Å². The first-order chi connectivity index (χ1) is 6.07. The van der Waals surface area contributed by atoms with Crippen molar-refractivity contribution in [2.75, 3.05) is 6.61 Å². The lowest BCUT2D eigenvalue weighted by molar-refractivity contribution is 0.0531. The number of hydrogen-bond acceptors (Lipinski definition) is 3. The van der Waals surface area contributed by atoms with Crippen molar-refractivity contribution >= 4 is 55.8 Å². The molecule has 0 aromatic carbocycles. The fraction of sp³-hybridized carbons (Fsp3) is 0.375. The summed E-state index contributed by atoms with van der Waals surface area (Å²) in [7, 11) is 0. The predicted octanol–water partition coefficient (Wildman–Crippen LogP) is 3.60. The van der Waals surface area contributed by atoms with Gasteiger partial charge >= 0.3 is 5.97 Å².